The van der Waals surface area contributed by atoms with Gasteiger partial charge in [0.2, 0.25) is 5.91 Å². The lowest BCUT2D eigenvalue weighted by Gasteiger charge is -2.07. The van der Waals surface area contributed by atoms with Crippen molar-refractivity contribution in [2.24, 2.45) is 0 Å². The lowest BCUT2D eigenvalue weighted by atomic mass is 10.2. The molecule has 0 saturated heterocycles. The highest BCUT2D eigenvalue weighted by molar-refractivity contribution is 5.92. The third-order valence-electron chi connectivity index (χ3n) is 1.85. The van der Waals surface area contributed by atoms with Crippen LogP contribution in [-0.4, -0.2) is 5.91 Å². The molecule has 0 radical (unpaired) electrons. The molecule has 1 amide bonds. The van der Waals surface area contributed by atoms with Crippen LogP contribution in [0.3, 0.4) is 0 Å². The minimum Gasteiger partial charge on any atom is -0.325 e. The number of amides is 1. The number of benzene rings is 1. The van der Waals surface area contributed by atoms with Gasteiger partial charge in [0.05, 0.1) is 6.07 Å². The first-order valence-electron chi connectivity index (χ1n) is 4.17. The fraction of sp³-hybridized carbons (Fsp3) is 0.200. The number of nitriles is 1. The first-order chi connectivity index (χ1) is 7.06. The third-order valence-corrected chi connectivity index (χ3v) is 1.85. The summed E-state index contributed by atoms with van der Waals surface area (Å²) in [4.78, 5) is 11.0. The molecule has 0 saturated carbocycles. The second kappa shape index (κ2) is 4.51. The molecule has 1 aromatic carbocycles. The zero-order chi connectivity index (χ0) is 11.4. The average Bonchev–Trinajstić information content (AvgIpc) is 2.20. The first kappa shape index (κ1) is 11.1. The maximum atomic E-state index is 13.0. The molecule has 0 aromatic heterocycles. The van der Waals surface area contributed by atoms with Gasteiger partial charge in [0.15, 0.2) is 11.6 Å². The molecule has 15 heavy (non-hydrogen) atoms. The number of hydrogen-bond acceptors (Lipinski definition) is 2. The Bertz CT molecular complexity index is 438. The number of rotatable bonds is 2. The van der Waals surface area contributed by atoms with E-state index in [1.165, 1.54) is 13.0 Å². The van der Waals surface area contributed by atoms with Crippen molar-refractivity contribution >= 4 is 11.6 Å². The van der Waals surface area contributed by atoms with Gasteiger partial charge in [-0.3, -0.25) is 4.79 Å². The molecule has 0 unspecified atom stereocenters. The van der Waals surface area contributed by atoms with Crippen LogP contribution in [0.15, 0.2) is 12.1 Å². The maximum Gasteiger partial charge on any atom is 0.238 e. The van der Waals surface area contributed by atoms with Gasteiger partial charge in [0.1, 0.15) is 6.42 Å². The normalized spacial score (nSPS) is 9.47. The highest BCUT2D eigenvalue weighted by atomic mass is 19.2. The molecule has 1 N–H and O–H groups in total. The molecule has 5 heteroatoms. The minimum absolute atomic E-state index is 0.0151. The van der Waals surface area contributed by atoms with Crippen molar-refractivity contribution in [3.63, 3.8) is 0 Å². The van der Waals surface area contributed by atoms with Gasteiger partial charge >= 0.3 is 0 Å². The quantitative estimate of drug-likeness (QED) is 0.812. The zero-order valence-corrected chi connectivity index (χ0v) is 7.97. The van der Waals surface area contributed by atoms with Gasteiger partial charge < -0.3 is 5.32 Å². The fourth-order valence-electron chi connectivity index (χ4n) is 1.05. The Morgan fingerprint density at radius 2 is 2.20 bits per heavy atom. The Kier molecular flexibility index (Phi) is 3.34. The van der Waals surface area contributed by atoms with E-state index in [0.29, 0.717) is 0 Å². The average molecular weight is 210 g/mol. The van der Waals surface area contributed by atoms with Crippen LogP contribution in [0.25, 0.3) is 0 Å². The van der Waals surface area contributed by atoms with Crippen LogP contribution in [0.2, 0.25) is 0 Å². The van der Waals surface area contributed by atoms with E-state index in [2.05, 4.69) is 5.32 Å². The van der Waals surface area contributed by atoms with E-state index in [4.69, 9.17) is 5.26 Å². The van der Waals surface area contributed by atoms with E-state index in [1.807, 2.05) is 0 Å². The molecular weight excluding hydrogens is 202 g/mol. The summed E-state index contributed by atoms with van der Waals surface area (Å²) in [5.41, 5.74) is 0.190. The van der Waals surface area contributed by atoms with Crippen molar-refractivity contribution in [1.29, 1.82) is 5.26 Å². The Morgan fingerprint density at radius 3 is 2.80 bits per heavy atom. The predicted molar refractivity (Wildman–Crippen MR) is 50.0 cm³/mol. The second-order valence-corrected chi connectivity index (χ2v) is 2.92. The lowest BCUT2D eigenvalue weighted by Crippen LogP contribution is -2.12. The Balaban J connectivity index is 2.93. The number of carbonyl (C=O) groups is 1. The monoisotopic (exact) mass is 210 g/mol. The van der Waals surface area contributed by atoms with E-state index < -0.39 is 17.5 Å². The van der Waals surface area contributed by atoms with Gasteiger partial charge in [-0.25, -0.2) is 8.78 Å². The molecule has 0 fully saturated rings. The number of nitrogens with one attached hydrogen (secondary N) is 1. The lowest BCUT2D eigenvalue weighted by molar-refractivity contribution is -0.115. The smallest absolute Gasteiger partial charge is 0.238 e. The van der Waals surface area contributed by atoms with Crippen molar-refractivity contribution in [3.05, 3.63) is 29.3 Å². The maximum absolute atomic E-state index is 13.0. The zero-order valence-electron chi connectivity index (χ0n) is 7.97. The van der Waals surface area contributed by atoms with E-state index in [0.717, 1.165) is 6.07 Å². The number of carbonyl (C=O) groups excluding carboxylic acids is 1. The van der Waals surface area contributed by atoms with Crippen LogP contribution in [0.5, 0.6) is 0 Å². The van der Waals surface area contributed by atoms with E-state index in [-0.39, 0.29) is 17.7 Å². The number of halogens is 2. The standard InChI is InChI=1S/C10H8F2N2O/c1-6-8(14-9(15)4-5-13)3-2-7(11)10(6)12/h2-3H,4H2,1H3,(H,14,15). The Labute approximate surface area is 85.3 Å². The fourth-order valence-corrected chi connectivity index (χ4v) is 1.05. The van der Waals surface area contributed by atoms with Crippen LogP contribution >= 0.6 is 0 Å². The molecule has 0 spiro atoms. The van der Waals surface area contributed by atoms with Crippen molar-refractivity contribution in [1.82, 2.24) is 0 Å². The van der Waals surface area contributed by atoms with Crippen LogP contribution in [0.1, 0.15) is 12.0 Å². The predicted octanol–water partition coefficient (Wildman–Crippen LogP) is 2.13. The Hall–Kier alpha value is -1.96. The van der Waals surface area contributed by atoms with Gasteiger partial charge in [-0.15, -0.1) is 0 Å². The van der Waals surface area contributed by atoms with Crippen LogP contribution in [0, 0.1) is 29.9 Å². The summed E-state index contributed by atoms with van der Waals surface area (Å²) in [6.45, 7) is 1.35. The first-order valence-corrected chi connectivity index (χ1v) is 4.17. The summed E-state index contributed by atoms with van der Waals surface area (Å²) >= 11 is 0. The van der Waals surface area contributed by atoms with Gasteiger partial charge in [0.25, 0.3) is 0 Å². The van der Waals surface area contributed by atoms with Crippen LogP contribution < -0.4 is 5.32 Å². The third kappa shape index (κ3) is 2.50. The van der Waals surface area contributed by atoms with Gasteiger partial charge in [-0.05, 0) is 19.1 Å². The van der Waals surface area contributed by atoms with Crippen molar-refractivity contribution in [2.75, 3.05) is 5.32 Å². The molecular formula is C10H8F2N2O. The van der Waals surface area contributed by atoms with Gasteiger partial charge in [-0.1, -0.05) is 0 Å². The molecule has 3 nitrogen and oxygen atoms in total. The molecule has 1 rings (SSSR count). The number of anilines is 1. The summed E-state index contributed by atoms with van der Waals surface area (Å²) < 4.78 is 25.7. The van der Waals surface area contributed by atoms with Crippen molar-refractivity contribution in [3.8, 4) is 6.07 Å². The molecule has 1 aromatic rings. The molecule has 0 bridgehead atoms. The summed E-state index contributed by atoms with van der Waals surface area (Å²) in [7, 11) is 0. The topological polar surface area (TPSA) is 52.9 Å². The highest BCUT2D eigenvalue weighted by Gasteiger charge is 2.11. The van der Waals surface area contributed by atoms with Crippen molar-refractivity contribution in [2.45, 2.75) is 13.3 Å². The molecule has 0 aliphatic rings. The Morgan fingerprint density at radius 1 is 1.53 bits per heavy atom. The van der Waals surface area contributed by atoms with Crippen molar-refractivity contribution < 1.29 is 13.6 Å². The molecule has 0 atom stereocenters. The molecule has 0 heterocycles. The largest absolute Gasteiger partial charge is 0.325 e. The van der Waals surface area contributed by atoms with Crippen LogP contribution in [0.4, 0.5) is 14.5 Å². The van der Waals surface area contributed by atoms with Gasteiger partial charge in [-0.2, -0.15) is 5.26 Å². The summed E-state index contributed by atoms with van der Waals surface area (Å²) in [6, 6.07) is 3.83. The SMILES string of the molecule is Cc1c(NC(=O)CC#N)ccc(F)c1F. The van der Waals surface area contributed by atoms with Gasteiger partial charge in [0, 0.05) is 11.3 Å². The van der Waals surface area contributed by atoms with E-state index in [9.17, 15) is 13.6 Å². The molecule has 0 aliphatic carbocycles. The number of hydrogen-bond donors (Lipinski definition) is 1. The summed E-state index contributed by atoms with van der Waals surface area (Å²) in [5.74, 6) is -2.51. The molecule has 0 aliphatic heterocycles. The minimum atomic E-state index is -0.996. The van der Waals surface area contributed by atoms with Crippen LogP contribution in [-0.2, 0) is 4.79 Å². The van der Waals surface area contributed by atoms with E-state index in [1.54, 1.807) is 6.07 Å². The second-order valence-electron chi connectivity index (χ2n) is 2.92. The number of nitrogens with zero attached hydrogens (tertiary/aromatic N) is 1. The highest BCUT2D eigenvalue weighted by Crippen LogP contribution is 2.20. The molecule has 78 valence electrons. The summed E-state index contributed by atoms with van der Waals surface area (Å²) in [6.07, 6.45) is -0.321. The van der Waals surface area contributed by atoms with E-state index >= 15 is 0 Å². The summed E-state index contributed by atoms with van der Waals surface area (Å²) in [5, 5.41) is 10.5.